The van der Waals surface area contributed by atoms with Crippen LogP contribution in [0.3, 0.4) is 0 Å². The minimum Gasteiger partial charge on any atom is -0.454 e. The zero-order valence-corrected chi connectivity index (χ0v) is 40.5. The standard InChI is InChI=1S/C71H48N2O/c1-6-20-49(21-7-1)50-36-38-51(39-37-50)52-40-42-57(43-41-52)73(58-44-45-60-59-30-16-17-34-64(59)71(65(60)48-58,53-22-8-2-9-23-53)54-24-10-3-11-25-54)67-35-19-32-62-61-31-18-33-63-66(46-47-68(69(61)63)74-70(62)67)72(55-26-12-4-13-27-55)56-28-14-5-15-29-56/h1-48H. The first-order valence-electron chi connectivity index (χ1n) is 25.4. The highest BCUT2D eigenvalue weighted by Crippen LogP contribution is 2.59. The predicted molar refractivity (Wildman–Crippen MR) is 307 cm³/mol. The topological polar surface area (TPSA) is 15.7 Å². The van der Waals surface area contributed by atoms with Gasteiger partial charge in [0.1, 0.15) is 5.75 Å². The van der Waals surface area contributed by atoms with Gasteiger partial charge < -0.3 is 14.5 Å². The zero-order valence-electron chi connectivity index (χ0n) is 40.5. The maximum absolute atomic E-state index is 7.35. The Morgan fingerprint density at radius 1 is 0.284 bits per heavy atom. The molecular weight excluding hydrogens is 897 g/mol. The minimum atomic E-state index is -0.571. The highest BCUT2D eigenvalue weighted by atomic mass is 16.5. The second-order valence-corrected chi connectivity index (χ2v) is 19.2. The number of hydrogen-bond acceptors (Lipinski definition) is 3. The molecule has 74 heavy (non-hydrogen) atoms. The average molecular weight is 945 g/mol. The van der Waals surface area contributed by atoms with Crippen molar-refractivity contribution in [3.8, 4) is 56.0 Å². The van der Waals surface area contributed by atoms with Gasteiger partial charge in [-0.2, -0.15) is 0 Å². The molecular formula is C71H48N2O. The molecule has 1 heterocycles. The summed E-state index contributed by atoms with van der Waals surface area (Å²) in [4.78, 5) is 4.74. The summed E-state index contributed by atoms with van der Waals surface area (Å²) in [5.74, 6) is 1.64. The van der Waals surface area contributed by atoms with Crippen molar-refractivity contribution in [3.05, 3.63) is 313 Å². The molecule has 0 aromatic heterocycles. The highest BCUT2D eigenvalue weighted by Gasteiger charge is 2.46. The molecule has 1 aliphatic heterocycles. The molecule has 0 bridgehead atoms. The van der Waals surface area contributed by atoms with Crippen LogP contribution >= 0.6 is 0 Å². The molecule has 0 radical (unpaired) electrons. The van der Waals surface area contributed by atoms with Gasteiger partial charge in [0.25, 0.3) is 0 Å². The Labute approximate surface area is 432 Å². The molecule has 0 saturated heterocycles. The molecule has 0 spiro atoms. The summed E-state index contributed by atoms with van der Waals surface area (Å²) in [5.41, 5.74) is 20.0. The van der Waals surface area contributed by atoms with Crippen LogP contribution < -0.4 is 14.5 Å². The number of benzene rings is 12. The first-order valence-corrected chi connectivity index (χ1v) is 25.4. The third-order valence-corrected chi connectivity index (χ3v) is 15.1. The fourth-order valence-electron chi connectivity index (χ4n) is 11.9. The van der Waals surface area contributed by atoms with Crippen LogP contribution in [0.25, 0.3) is 55.3 Å². The van der Waals surface area contributed by atoms with Crippen molar-refractivity contribution < 1.29 is 4.74 Å². The van der Waals surface area contributed by atoms with Crippen molar-refractivity contribution in [2.45, 2.75) is 5.41 Å². The van der Waals surface area contributed by atoms with Crippen molar-refractivity contribution >= 4 is 44.9 Å². The summed E-state index contributed by atoms with van der Waals surface area (Å²) in [6.07, 6.45) is 0. The second kappa shape index (κ2) is 17.9. The fourth-order valence-corrected chi connectivity index (χ4v) is 11.9. The molecule has 0 fully saturated rings. The molecule has 2 aliphatic rings. The molecule has 0 saturated carbocycles. The Balaban J connectivity index is 0.957. The van der Waals surface area contributed by atoms with Gasteiger partial charge in [-0.25, -0.2) is 0 Å². The molecule has 12 aromatic rings. The summed E-state index contributed by atoms with van der Waals surface area (Å²) in [6.45, 7) is 0. The first-order chi connectivity index (χ1) is 36.7. The number of hydrogen-bond donors (Lipinski definition) is 0. The molecule has 0 N–H and O–H groups in total. The molecule has 3 heteroatoms. The van der Waals surface area contributed by atoms with E-state index in [9.17, 15) is 0 Å². The lowest BCUT2D eigenvalue weighted by Crippen LogP contribution is -2.28. The van der Waals surface area contributed by atoms with Gasteiger partial charge in [0.15, 0.2) is 5.75 Å². The van der Waals surface area contributed by atoms with Gasteiger partial charge in [0.2, 0.25) is 0 Å². The van der Waals surface area contributed by atoms with Crippen molar-refractivity contribution in [2.75, 3.05) is 9.80 Å². The largest absolute Gasteiger partial charge is 0.454 e. The maximum Gasteiger partial charge on any atom is 0.159 e. The van der Waals surface area contributed by atoms with Gasteiger partial charge in [-0.05, 0) is 128 Å². The Bertz CT molecular complexity index is 3930. The third kappa shape index (κ3) is 6.97. The van der Waals surface area contributed by atoms with Gasteiger partial charge in [0, 0.05) is 39.1 Å². The molecule has 0 amide bonds. The number of para-hydroxylation sites is 3. The Kier molecular flexibility index (Phi) is 10.4. The van der Waals surface area contributed by atoms with Gasteiger partial charge in [-0.1, -0.05) is 224 Å². The predicted octanol–water partition coefficient (Wildman–Crippen LogP) is 19.2. The van der Waals surface area contributed by atoms with Crippen LogP contribution in [-0.4, -0.2) is 0 Å². The second-order valence-electron chi connectivity index (χ2n) is 19.2. The molecule has 1 aliphatic carbocycles. The van der Waals surface area contributed by atoms with Gasteiger partial charge >= 0.3 is 0 Å². The van der Waals surface area contributed by atoms with Crippen LogP contribution in [0, 0.1) is 0 Å². The lowest BCUT2D eigenvalue weighted by molar-refractivity contribution is 0.488. The van der Waals surface area contributed by atoms with Crippen LogP contribution in [0.15, 0.2) is 291 Å². The van der Waals surface area contributed by atoms with Gasteiger partial charge in [-0.3, -0.25) is 0 Å². The van der Waals surface area contributed by atoms with Crippen LogP contribution in [0.1, 0.15) is 22.3 Å². The fraction of sp³-hybridized carbons (Fsp3) is 0.0141. The van der Waals surface area contributed by atoms with E-state index in [1.807, 2.05) is 0 Å². The van der Waals surface area contributed by atoms with Crippen LogP contribution in [0.5, 0.6) is 11.5 Å². The molecule has 0 unspecified atom stereocenters. The summed E-state index contributed by atoms with van der Waals surface area (Å²) >= 11 is 0. The summed E-state index contributed by atoms with van der Waals surface area (Å²) in [6, 6.07) is 105. The number of rotatable bonds is 10. The number of fused-ring (bicyclic) bond motifs is 5. The van der Waals surface area contributed by atoms with E-state index in [0.717, 1.165) is 78.6 Å². The van der Waals surface area contributed by atoms with Crippen molar-refractivity contribution in [1.82, 2.24) is 0 Å². The van der Waals surface area contributed by atoms with E-state index in [2.05, 4.69) is 301 Å². The molecule has 12 aromatic carbocycles. The SMILES string of the molecule is c1ccc(-c2ccc(-c3ccc(N(c4ccc5c(c4)C(c4ccccc4)(c4ccccc4)c4ccccc4-5)c4cccc5c4Oc4ccc(N(c6ccccc6)c6ccccc6)c6cccc-5c46)cc3)cc2)cc1. The average Bonchev–Trinajstić information content (AvgIpc) is 3.85. The van der Waals surface area contributed by atoms with E-state index >= 15 is 0 Å². The lowest BCUT2D eigenvalue weighted by Gasteiger charge is -2.35. The Morgan fingerprint density at radius 2 is 0.743 bits per heavy atom. The summed E-state index contributed by atoms with van der Waals surface area (Å²) in [7, 11) is 0. The molecule has 14 rings (SSSR count). The number of nitrogens with zero attached hydrogens (tertiary/aromatic N) is 2. The smallest absolute Gasteiger partial charge is 0.159 e. The normalized spacial score (nSPS) is 12.5. The monoisotopic (exact) mass is 944 g/mol. The van der Waals surface area contributed by atoms with E-state index in [-0.39, 0.29) is 0 Å². The molecule has 0 atom stereocenters. The quantitative estimate of drug-likeness (QED) is 0.136. The van der Waals surface area contributed by atoms with Crippen molar-refractivity contribution in [2.24, 2.45) is 0 Å². The van der Waals surface area contributed by atoms with E-state index in [4.69, 9.17) is 4.74 Å². The van der Waals surface area contributed by atoms with E-state index in [0.29, 0.717) is 0 Å². The molecule has 348 valence electrons. The van der Waals surface area contributed by atoms with Crippen LogP contribution in [0.2, 0.25) is 0 Å². The lowest BCUT2D eigenvalue weighted by atomic mass is 9.67. The third-order valence-electron chi connectivity index (χ3n) is 15.1. The van der Waals surface area contributed by atoms with Gasteiger partial charge in [0.05, 0.1) is 16.8 Å². The maximum atomic E-state index is 7.35. The first kappa shape index (κ1) is 43.1. The number of anilines is 6. The van der Waals surface area contributed by atoms with E-state index < -0.39 is 5.41 Å². The van der Waals surface area contributed by atoms with E-state index in [1.165, 1.54) is 44.5 Å². The highest BCUT2D eigenvalue weighted by molar-refractivity contribution is 6.11. The summed E-state index contributed by atoms with van der Waals surface area (Å²) < 4.78 is 7.35. The van der Waals surface area contributed by atoms with Crippen molar-refractivity contribution in [1.29, 1.82) is 0 Å². The molecule has 3 nitrogen and oxygen atoms in total. The number of ether oxygens (including phenoxy) is 1. The van der Waals surface area contributed by atoms with Crippen molar-refractivity contribution in [3.63, 3.8) is 0 Å². The Morgan fingerprint density at radius 3 is 1.38 bits per heavy atom. The summed E-state index contributed by atoms with van der Waals surface area (Å²) in [5, 5.41) is 2.20. The van der Waals surface area contributed by atoms with Crippen LogP contribution in [-0.2, 0) is 5.41 Å². The minimum absolute atomic E-state index is 0.571. The van der Waals surface area contributed by atoms with E-state index in [1.54, 1.807) is 0 Å². The zero-order chi connectivity index (χ0) is 49.0. The van der Waals surface area contributed by atoms with Gasteiger partial charge in [-0.15, -0.1) is 0 Å². The Hall–Kier alpha value is -9.70. The van der Waals surface area contributed by atoms with Crippen LogP contribution in [0.4, 0.5) is 34.1 Å².